The molecule has 466 valence electrons. The maximum atomic E-state index is 13.2. The van der Waals surface area contributed by atoms with Crippen LogP contribution in [0, 0.1) is 0 Å². The van der Waals surface area contributed by atoms with Crippen molar-refractivity contribution in [2.24, 2.45) is 0 Å². The van der Waals surface area contributed by atoms with Crippen LogP contribution in [0.1, 0.15) is 226 Å². The first-order valence-electron chi connectivity index (χ1n) is 31.8. The number of unbranched alkanes of at least 4 members (excludes halogenated alkanes) is 14. The number of carboxylic acids is 1. The predicted molar refractivity (Wildman–Crippen MR) is 339 cm³/mol. The van der Waals surface area contributed by atoms with Crippen LogP contribution >= 0.6 is 0 Å². The van der Waals surface area contributed by atoms with E-state index in [0.29, 0.717) is 19.3 Å². The molecular formula is C71H110O12. The van der Waals surface area contributed by atoms with Gasteiger partial charge in [0.05, 0.1) is 6.61 Å². The number of rotatable bonds is 52. The minimum atomic E-state index is -1.93. The number of aliphatic hydroxyl groups excluding tert-OH is 2. The molecule has 0 radical (unpaired) electrons. The summed E-state index contributed by atoms with van der Waals surface area (Å²) in [5.41, 5.74) is 0. The zero-order valence-corrected chi connectivity index (χ0v) is 51.4. The first-order valence-corrected chi connectivity index (χ1v) is 31.8. The molecule has 0 aliphatic carbocycles. The molecule has 1 saturated heterocycles. The Kier molecular flexibility index (Phi) is 52.0. The zero-order chi connectivity index (χ0) is 60.3. The highest BCUT2D eigenvalue weighted by molar-refractivity contribution is 5.74. The molecule has 1 fully saturated rings. The molecule has 12 heteroatoms. The number of aliphatic hydroxyl groups is 2. The van der Waals surface area contributed by atoms with Crippen LogP contribution < -0.4 is 0 Å². The smallest absolute Gasteiger partial charge is 0.335 e. The molecule has 6 unspecified atom stereocenters. The van der Waals surface area contributed by atoms with Crippen LogP contribution in [0.3, 0.4) is 0 Å². The van der Waals surface area contributed by atoms with Crippen LogP contribution in [-0.2, 0) is 42.9 Å². The van der Waals surface area contributed by atoms with E-state index >= 15 is 0 Å². The lowest BCUT2D eigenvalue weighted by Crippen LogP contribution is -2.61. The van der Waals surface area contributed by atoms with Gasteiger partial charge in [0.25, 0.3) is 0 Å². The third-order valence-corrected chi connectivity index (χ3v) is 13.4. The maximum Gasteiger partial charge on any atom is 0.335 e. The van der Waals surface area contributed by atoms with Crippen LogP contribution in [-0.4, -0.2) is 89.2 Å². The maximum absolute atomic E-state index is 13.2. The van der Waals surface area contributed by atoms with Gasteiger partial charge in [0.2, 0.25) is 0 Å². The van der Waals surface area contributed by atoms with Gasteiger partial charge in [-0.25, -0.2) is 4.79 Å². The van der Waals surface area contributed by atoms with E-state index in [9.17, 15) is 34.5 Å². The molecule has 0 spiro atoms. The van der Waals surface area contributed by atoms with Crippen LogP contribution in [0.5, 0.6) is 0 Å². The van der Waals surface area contributed by atoms with Gasteiger partial charge in [-0.2, -0.15) is 0 Å². The number of esters is 3. The van der Waals surface area contributed by atoms with E-state index in [1.807, 2.05) is 0 Å². The highest BCUT2D eigenvalue weighted by Crippen LogP contribution is 2.26. The van der Waals surface area contributed by atoms with Crippen molar-refractivity contribution in [2.75, 3.05) is 13.2 Å². The van der Waals surface area contributed by atoms with E-state index in [1.165, 1.54) is 0 Å². The molecule has 0 aromatic rings. The lowest BCUT2D eigenvalue weighted by molar-refractivity contribution is -0.301. The van der Waals surface area contributed by atoms with E-state index in [-0.39, 0.29) is 25.9 Å². The quantitative estimate of drug-likeness (QED) is 0.0228. The highest BCUT2D eigenvalue weighted by atomic mass is 16.7. The summed E-state index contributed by atoms with van der Waals surface area (Å²) >= 11 is 0. The molecule has 3 N–H and O–H groups in total. The average molecular weight is 1160 g/mol. The second kappa shape index (κ2) is 57.1. The van der Waals surface area contributed by atoms with Gasteiger partial charge >= 0.3 is 23.9 Å². The van der Waals surface area contributed by atoms with Gasteiger partial charge in [-0.1, -0.05) is 218 Å². The molecule has 12 nitrogen and oxygen atoms in total. The number of hydrogen-bond donors (Lipinski definition) is 3. The van der Waals surface area contributed by atoms with E-state index in [1.54, 1.807) is 0 Å². The van der Waals surface area contributed by atoms with Crippen molar-refractivity contribution >= 4 is 23.9 Å². The zero-order valence-electron chi connectivity index (χ0n) is 51.4. The minimum Gasteiger partial charge on any atom is -0.479 e. The molecule has 1 heterocycles. The summed E-state index contributed by atoms with van der Waals surface area (Å²) in [6.07, 6.45) is 69.4. The van der Waals surface area contributed by atoms with Crippen molar-refractivity contribution in [2.45, 2.75) is 263 Å². The van der Waals surface area contributed by atoms with Crippen molar-refractivity contribution in [3.63, 3.8) is 0 Å². The Balaban J connectivity index is 2.71. The Morgan fingerprint density at radius 2 is 0.723 bits per heavy atom. The van der Waals surface area contributed by atoms with E-state index in [4.69, 9.17) is 23.7 Å². The Bertz CT molecular complexity index is 2000. The van der Waals surface area contributed by atoms with Gasteiger partial charge in [0.1, 0.15) is 18.8 Å². The molecule has 1 rings (SSSR count). The lowest BCUT2D eigenvalue weighted by atomic mass is 9.98. The number of ether oxygens (including phenoxy) is 5. The van der Waals surface area contributed by atoms with Gasteiger partial charge in [-0.15, -0.1) is 0 Å². The summed E-state index contributed by atoms with van der Waals surface area (Å²) in [6, 6.07) is 0. The number of allylic oxidation sites excluding steroid dienone is 24. The SMILES string of the molecule is CC/C=C\C/C=C\C/C=C\C/C=C\CCCCCCCCC(=O)OCC(COC1OC(C(=O)O)C(O)C(O)C1OC(=O)CCCCCCCC/C=C\C/C=C\C/C=C\C/C=C\CC)OC(=O)CCCC/C=C\C/C=C\C/C=C\C/C=C\CC. The predicted octanol–water partition coefficient (Wildman–Crippen LogP) is 17.1. The summed E-state index contributed by atoms with van der Waals surface area (Å²) in [5.74, 6) is -3.23. The van der Waals surface area contributed by atoms with Gasteiger partial charge < -0.3 is 39.0 Å². The molecule has 1 aliphatic heterocycles. The molecule has 1 aliphatic rings. The first kappa shape index (κ1) is 75.6. The first-order chi connectivity index (χ1) is 40.6. The molecule has 83 heavy (non-hydrogen) atoms. The van der Waals surface area contributed by atoms with Crippen molar-refractivity contribution in [3.8, 4) is 0 Å². The van der Waals surface area contributed by atoms with Crippen molar-refractivity contribution in [3.05, 3.63) is 146 Å². The third-order valence-electron chi connectivity index (χ3n) is 13.4. The summed E-state index contributed by atoms with van der Waals surface area (Å²) in [7, 11) is 0. The standard InChI is InChI=1S/C71H110O12/c1-4-7-10-13-16-19-22-25-28-30-32-34-37-39-42-45-48-51-54-57-63(72)79-60-62(81-64(73)58-55-52-49-46-43-40-36-27-24-21-18-15-12-9-6-3)61-80-71-69(67(76)66(75)68(83-71)70(77)78)82-65(74)59-56-53-50-47-44-41-38-35-33-31-29-26-23-20-17-14-11-8-5-2/h7-12,16-21,25-29,32-36,43,46,62,66-69,71,75-76H,4-6,13-15,22-24,30-31,37-42,44-45,47-61H2,1-3H3,(H,77,78)/b10-7-,11-8-,12-9-,19-16-,20-17-,21-18-,28-25-,29-26-,34-32-,35-33-,36-27-,46-43-. The number of carbonyl (C=O) groups is 4. The Morgan fingerprint density at radius 1 is 0.398 bits per heavy atom. The average Bonchev–Trinajstić information content (AvgIpc) is 3.57. The molecular weight excluding hydrogens is 1040 g/mol. The van der Waals surface area contributed by atoms with Crippen LogP contribution in [0.15, 0.2) is 146 Å². The van der Waals surface area contributed by atoms with Crippen LogP contribution in [0.2, 0.25) is 0 Å². The Morgan fingerprint density at radius 3 is 1.12 bits per heavy atom. The number of carbonyl (C=O) groups excluding carboxylic acids is 3. The minimum absolute atomic E-state index is 0.0293. The molecule has 6 atom stereocenters. The number of carboxylic acid groups (broad SMARTS) is 1. The van der Waals surface area contributed by atoms with Crippen molar-refractivity contribution < 1.29 is 58.2 Å². The fourth-order valence-corrected chi connectivity index (χ4v) is 8.63. The number of hydrogen-bond acceptors (Lipinski definition) is 11. The second-order valence-electron chi connectivity index (χ2n) is 20.9. The van der Waals surface area contributed by atoms with Crippen LogP contribution in [0.4, 0.5) is 0 Å². The highest BCUT2D eigenvalue weighted by Gasteiger charge is 2.50. The monoisotopic (exact) mass is 1150 g/mol. The molecule has 0 aromatic carbocycles. The summed E-state index contributed by atoms with van der Waals surface area (Å²) in [5, 5.41) is 31.6. The van der Waals surface area contributed by atoms with Gasteiger partial charge in [0, 0.05) is 19.3 Å². The van der Waals surface area contributed by atoms with E-state index in [2.05, 4.69) is 167 Å². The molecule has 0 bridgehead atoms. The van der Waals surface area contributed by atoms with E-state index < -0.39 is 67.3 Å². The Labute approximate surface area is 502 Å². The fraction of sp³-hybridized carbons (Fsp3) is 0.606. The van der Waals surface area contributed by atoms with Gasteiger partial charge in [-0.3, -0.25) is 14.4 Å². The number of aliphatic carboxylic acids is 1. The van der Waals surface area contributed by atoms with Crippen molar-refractivity contribution in [1.29, 1.82) is 0 Å². The largest absolute Gasteiger partial charge is 0.479 e. The summed E-state index contributed by atoms with van der Waals surface area (Å²) < 4.78 is 28.4. The van der Waals surface area contributed by atoms with E-state index in [0.717, 1.165) is 167 Å². The summed E-state index contributed by atoms with van der Waals surface area (Å²) in [6.45, 7) is 5.60. The molecule has 0 saturated carbocycles. The molecule has 0 amide bonds. The third kappa shape index (κ3) is 46.6. The summed E-state index contributed by atoms with van der Waals surface area (Å²) in [4.78, 5) is 51.3. The van der Waals surface area contributed by atoms with Crippen molar-refractivity contribution in [1.82, 2.24) is 0 Å². The van der Waals surface area contributed by atoms with Gasteiger partial charge in [-0.05, 0) is 135 Å². The lowest BCUT2D eigenvalue weighted by Gasteiger charge is -2.40. The topological polar surface area (TPSA) is 175 Å². The normalized spacial score (nSPS) is 18.6. The second-order valence-corrected chi connectivity index (χ2v) is 20.9. The molecule has 0 aromatic heterocycles. The fourth-order valence-electron chi connectivity index (χ4n) is 8.63. The Hall–Kier alpha value is -5.40. The van der Waals surface area contributed by atoms with Gasteiger partial charge in [0.15, 0.2) is 24.6 Å². The van der Waals surface area contributed by atoms with Crippen LogP contribution in [0.25, 0.3) is 0 Å².